The zero-order valence-electron chi connectivity index (χ0n) is 15.5. The van der Waals surface area contributed by atoms with E-state index < -0.39 is 0 Å². The fraction of sp³-hybridized carbons (Fsp3) is 0.286. The van der Waals surface area contributed by atoms with Crippen molar-refractivity contribution in [1.29, 1.82) is 0 Å². The summed E-state index contributed by atoms with van der Waals surface area (Å²) < 4.78 is 13.1. The number of aromatic nitrogens is 2. The Morgan fingerprint density at radius 3 is 2.67 bits per heavy atom. The zero-order chi connectivity index (χ0) is 18.8. The summed E-state index contributed by atoms with van der Waals surface area (Å²) in [5, 5.41) is 9.18. The fourth-order valence-corrected chi connectivity index (χ4v) is 3.74. The van der Waals surface area contributed by atoms with Crippen molar-refractivity contribution in [3.63, 3.8) is 0 Å². The van der Waals surface area contributed by atoms with Gasteiger partial charge in [-0.15, -0.1) is 0 Å². The number of methoxy groups -OCH3 is 2. The summed E-state index contributed by atoms with van der Waals surface area (Å²) >= 11 is 6.28. The minimum atomic E-state index is 0.660. The molecule has 0 spiro atoms. The van der Waals surface area contributed by atoms with Crippen LogP contribution < -0.4 is 14.8 Å². The van der Waals surface area contributed by atoms with E-state index in [0.717, 1.165) is 60.1 Å². The highest BCUT2D eigenvalue weighted by Crippen LogP contribution is 2.40. The average molecular weight is 384 g/mol. The molecular weight excluding hydrogens is 362 g/mol. The highest BCUT2D eigenvalue weighted by atomic mass is 35.5. The number of hydrogen-bond donors (Lipinski definition) is 1. The van der Waals surface area contributed by atoms with Crippen molar-refractivity contribution in [3.8, 4) is 28.4 Å². The molecule has 0 bridgehead atoms. The second-order valence-corrected chi connectivity index (χ2v) is 6.92. The Hall–Kier alpha value is -2.66. The average Bonchev–Trinajstić information content (AvgIpc) is 2.88. The first-order chi connectivity index (χ1) is 13.2. The van der Waals surface area contributed by atoms with E-state index in [1.807, 2.05) is 47.1 Å². The third-order valence-corrected chi connectivity index (χ3v) is 5.09. The molecule has 0 saturated heterocycles. The quantitative estimate of drug-likeness (QED) is 0.691. The maximum Gasteiger partial charge on any atom is 0.144 e. The molecule has 1 aromatic heterocycles. The van der Waals surface area contributed by atoms with Gasteiger partial charge in [0, 0.05) is 22.7 Å². The number of hydrogen-bond acceptors (Lipinski definition) is 4. The van der Waals surface area contributed by atoms with E-state index in [2.05, 4.69) is 5.32 Å². The first-order valence-corrected chi connectivity index (χ1v) is 9.44. The molecule has 2 heterocycles. The highest BCUT2D eigenvalue weighted by molar-refractivity contribution is 6.31. The van der Waals surface area contributed by atoms with Crippen molar-refractivity contribution in [2.75, 3.05) is 26.1 Å². The first kappa shape index (κ1) is 17.7. The monoisotopic (exact) mass is 383 g/mol. The molecule has 1 N–H and O–H groups in total. The molecule has 140 valence electrons. The molecule has 0 fully saturated rings. The molecule has 0 unspecified atom stereocenters. The van der Waals surface area contributed by atoms with Gasteiger partial charge < -0.3 is 14.8 Å². The minimum absolute atomic E-state index is 0.660. The lowest BCUT2D eigenvalue weighted by Crippen LogP contribution is -2.08. The van der Waals surface area contributed by atoms with Crippen molar-refractivity contribution >= 4 is 17.4 Å². The molecule has 6 heteroatoms. The molecule has 3 aromatic rings. The predicted molar refractivity (Wildman–Crippen MR) is 109 cm³/mol. The molecule has 0 aliphatic carbocycles. The molecule has 0 atom stereocenters. The Morgan fingerprint density at radius 2 is 1.85 bits per heavy atom. The Kier molecular flexibility index (Phi) is 4.94. The number of anilines is 1. The third kappa shape index (κ3) is 3.23. The number of benzene rings is 2. The van der Waals surface area contributed by atoms with Gasteiger partial charge in [0.05, 0.1) is 14.2 Å². The van der Waals surface area contributed by atoms with Crippen molar-refractivity contribution in [2.24, 2.45) is 0 Å². The highest BCUT2D eigenvalue weighted by Gasteiger charge is 2.24. The molecule has 4 rings (SSSR count). The van der Waals surface area contributed by atoms with Gasteiger partial charge in [-0.1, -0.05) is 23.7 Å². The summed E-state index contributed by atoms with van der Waals surface area (Å²) in [6.45, 7) is 0.917. The topological polar surface area (TPSA) is 48.3 Å². The summed E-state index contributed by atoms with van der Waals surface area (Å²) in [5.41, 5.74) is 3.88. The van der Waals surface area contributed by atoms with E-state index in [-0.39, 0.29) is 0 Å². The fourth-order valence-electron chi connectivity index (χ4n) is 3.56. The van der Waals surface area contributed by atoms with Crippen LogP contribution in [0.15, 0.2) is 42.5 Å². The molecule has 5 nitrogen and oxygen atoms in total. The number of halogens is 1. The van der Waals surface area contributed by atoms with E-state index in [4.69, 9.17) is 26.2 Å². The lowest BCUT2D eigenvalue weighted by Gasteiger charge is -2.12. The largest absolute Gasteiger partial charge is 0.496 e. The maximum atomic E-state index is 6.28. The predicted octanol–water partition coefficient (Wildman–Crippen LogP) is 4.96. The van der Waals surface area contributed by atoms with Gasteiger partial charge in [-0.2, -0.15) is 5.10 Å². The summed E-state index contributed by atoms with van der Waals surface area (Å²) in [6.07, 6.45) is 3.17. The zero-order valence-corrected chi connectivity index (χ0v) is 16.2. The smallest absolute Gasteiger partial charge is 0.144 e. The Labute approximate surface area is 163 Å². The van der Waals surface area contributed by atoms with Crippen molar-refractivity contribution in [2.45, 2.75) is 19.3 Å². The van der Waals surface area contributed by atoms with Crippen LogP contribution >= 0.6 is 11.6 Å². The third-order valence-electron chi connectivity index (χ3n) is 4.86. The van der Waals surface area contributed by atoms with Gasteiger partial charge in [0.1, 0.15) is 28.7 Å². The number of nitrogens with zero attached hydrogens (tertiary/aromatic N) is 2. The Balaban J connectivity index is 1.97. The van der Waals surface area contributed by atoms with Crippen LogP contribution in [-0.4, -0.2) is 30.5 Å². The van der Waals surface area contributed by atoms with Gasteiger partial charge in [0.15, 0.2) is 0 Å². The van der Waals surface area contributed by atoms with Crippen molar-refractivity contribution in [1.82, 2.24) is 9.78 Å². The second kappa shape index (κ2) is 7.53. The van der Waals surface area contributed by atoms with Gasteiger partial charge in [0.25, 0.3) is 0 Å². The Bertz CT molecular complexity index is 968. The molecule has 0 saturated carbocycles. The van der Waals surface area contributed by atoms with Crippen LogP contribution in [0, 0.1) is 0 Å². The number of ether oxygens (including phenoxy) is 2. The van der Waals surface area contributed by atoms with E-state index >= 15 is 0 Å². The molecule has 1 aliphatic rings. The summed E-state index contributed by atoms with van der Waals surface area (Å²) in [5.74, 6) is 2.55. The lowest BCUT2D eigenvalue weighted by molar-refractivity contribution is 0.412. The van der Waals surface area contributed by atoms with Crippen LogP contribution in [0.5, 0.6) is 11.5 Å². The lowest BCUT2D eigenvalue weighted by atomic mass is 10.0. The molecule has 1 aliphatic heterocycles. The van der Waals surface area contributed by atoms with Gasteiger partial charge in [-0.3, -0.25) is 0 Å². The number of rotatable bonds is 4. The second-order valence-electron chi connectivity index (χ2n) is 6.49. The molecular formula is C21H22ClN3O2. The van der Waals surface area contributed by atoms with Crippen molar-refractivity contribution < 1.29 is 9.47 Å². The summed E-state index contributed by atoms with van der Waals surface area (Å²) in [6, 6.07) is 13.5. The van der Waals surface area contributed by atoms with Crippen LogP contribution in [-0.2, 0) is 6.42 Å². The van der Waals surface area contributed by atoms with Crippen LogP contribution in [0.25, 0.3) is 16.9 Å². The van der Waals surface area contributed by atoms with Crippen LogP contribution in [0.4, 0.5) is 5.82 Å². The van der Waals surface area contributed by atoms with Gasteiger partial charge in [0.2, 0.25) is 0 Å². The van der Waals surface area contributed by atoms with E-state index in [9.17, 15) is 0 Å². The van der Waals surface area contributed by atoms with Crippen LogP contribution in [0.2, 0.25) is 5.02 Å². The van der Waals surface area contributed by atoms with E-state index in [1.54, 1.807) is 14.2 Å². The first-order valence-electron chi connectivity index (χ1n) is 9.06. The van der Waals surface area contributed by atoms with E-state index in [1.165, 1.54) is 5.56 Å². The number of nitrogens with one attached hydrogen (secondary N) is 1. The summed E-state index contributed by atoms with van der Waals surface area (Å²) in [7, 11) is 3.34. The number of para-hydroxylation sites is 2. The molecule has 0 amide bonds. The number of fused-ring (bicyclic) bond motifs is 1. The SMILES string of the molecule is COc1ccc(Cl)cc1-c1nn(-c2ccccc2OC)c2c1CCCCN2. The maximum absolute atomic E-state index is 6.28. The normalized spacial score (nSPS) is 13.4. The van der Waals surface area contributed by atoms with Crippen molar-refractivity contribution in [3.05, 3.63) is 53.1 Å². The summed E-state index contributed by atoms with van der Waals surface area (Å²) in [4.78, 5) is 0. The van der Waals surface area contributed by atoms with E-state index in [0.29, 0.717) is 5.02 Å². The molecule has 0 radical (unpaired) electrons. The Morgan fingerprint density at radius 1 is 1.04 bits per heavy atom. The van der Waals surface area contributed by atoms with Gasteiger partial charge in [-0.05, 0) is 49.6 Å². The van der Waals surface area contributed by atoms with Crippen LogP contribution in [0.3, 0.4) is 0 Å². The molecule has 2 aromatic carbocycles. The van der Waals surface area contributed by atoms with Crippen LogP contribution in [0.1, 0.15) is 18.4 Å². The standard InChI is InChI=1S/C21H22ClN3O2/c1-26-18-11-10-14(22)13-16(18)20-15-7-5-6-12-23-21(15)25(24-20)17-8-3-4-9-19(17)27-2/h3-4,8-11,13,23H,5-7,12H2,1-2H3. The molecule has 27 heavy (non-hydrogen) atoms. The van der Waals surface area contributed by atoms with Gasteiger partial charge in [-0.25, -0.2) is 4.68 Å². The van der Waals surface area contributed by atoms with Gasteiger partial charge >= 0.3 is 0 Å². The minimum Gasteiger partial charge on any atom is -0.496 e.